The molecule has 2 N–H and O–H groups in total. The summed E-state index contributed by atoms with van der Waals surface area (Å²) < 4.78 is 0. The number of carboxylic acids is 1. The molecule has 0 aromatic heterocycles. The first-order valence-electron chi connectivity index (χ1n) is 6.15. The van der Waals surface area contributed by atoms with Crippen LogP contribution in [0.25, 0.3) is 0 Å². The van der Waals surface area contributed by atoms with Crippen LogP contribution in [-0.4, -0.2) is 41.1 Å². The molecular formula is C13H20N2O3. The van der Waals surface area contributed by atoms with Crippen molar-refractivity contribution in [1.29, 1.82) is 0 Å². The molecule has 3 unspecified atom stereocenters. The van der Waals surface area contributed by atoms with Gasteiger partial charge in [0.25, 0.3) is 0 Å². The molecule has 0 radical (unpaired) electrons. The number of urea groups is 1. The number of likely N-dealkylation sites (tertiary alicyclic amines) is 1. The molecular weight excluding hydrogens is 232 g/mol. The van der Waals surface area contributed by atoms with Crippen molar-refractivity contribution in [1.82, 2.24) is 10.2 Å². The molecule has 0 bridgehead atoms. The lowest BCUT2D eigenvalue weighted by atomic mass is 9.91. The minimum absolute atomic E-state index is 0.0944. The van der Waals surface area contributed by atoms with Gasteiger partial charge in [-0.1, -0.05) is 6.92 Å². The Balaban J connectivity index is 2.57. The van der Waals surface area contributed by atoms with E-state index in [4.69, 9.17) is 11.5 Å². The third kappa shape index (κ3) is 3.95. The van der Waals surface area contributed by atoms with E-state index in [1.165, 1.54) is 0 Å². The van der Waals surface area contributed by atoms with Crippen LogP contribution in [0.4, 0.5) is 4.79 Å². The third-order valence-electron chi connectivity index (χ3n) is 3.09. The monoisotopic (exact) mass is 252 g/mol. The van der Waals surface area contributed by atoms with E-state index in [0.717, 1.165) is 0 Å². The Hall–Kier alpha value is -1.70. The number of amides is 2. The molecule has 1 fully saturated rings. The molecule has 1 aliphatic rings. The maximum Gasteiger partial charge on any atom is 0.317 e. The van der Waals surface area contributed by atoms with Crippen LogP contribution in [0.2, 0.25) is 0 Å². The molecule has 18 heavy (non-hydrogen) atoms. The molecule has 5 nitrogen and oxygen atoms in total. The molecule has 3 atom stereocenters. The largest absolute Gasteiger partial charge is 0.481 e. The van der Waals surface area contributed by atoms with Crippen molar-refractivity contribution in [3.8, 4) is 12.3 Å². The second-order valence-corrected chi connectivity index (χ2v) is 5.04. The molecule has 1 rings (SSSR count). The quantitative estimate of drug-likeness (QED) is 0.740. The van der Waals surface area contributed by atoms with Crippen LogP contribution in [-0.2, 0) is 4.79 Å². The van der Waals surface area contributed by atoms with Gasteiger partial charge in [0.1, 0.15) is 0 Å². The van der Waals surface area contributed by atoms with Gasteiger partial charge in [0.2, 0.25) is 0 Å². The molecule has 0 spiro atoms. The molecule has 1 aliphatic heterocycles. The minimum atomic E-state index is -0.837. The lowest BCUT2D eigenvalue weighted by Gasteiger charge is -2.35. The van der Waals surface area contributed by atoms with Crippen LogP contribution < -0.4 is 5.32 Å². The van der Waals surface area contributed by atoms with Gasteiger partial charge in [0.15, 0.2) is 0 Å². The number of rotatable bonds is 3. The van der Waals surface area contributed by atoms with Crippen LogP contribution in [0.5, 0.6) is 0 Å². The van der Waals surface area contributed by atoms with Crippen LogP contribution in [0.15, 0.2) is 0 Å². The fourth-order valence-corrected chi connectivity index (χ4v) is 2.23. The van der Waals surface area contributed by atoms with Gasteiger partial charge in [-0.2, -0.15) is 0 Å². The van der Waals surface area contributed by atoms with Crippen molar-refractivity contribution in [2.24, 2.45) is 11.8 Å². The van der Waals surface area contributed by atoms with Gasteiger partial charge < -0.3 is 15.3 Å². The Kier molecular flexibility index (Phi) is 5.02. The first-order chi connectivity index (χ1) is 8.43. The zero-order valence-corrected chi connectivity index (χ0v) is 10.8. The lowest BCUT2D eigenvalue weighted by molar-refractivity contribution is -0.143. The maximum atomic E-state index is 12.0. The zero-order chi connectivity index (χ0) is 13.7. The van der Waals surface area contributed by atoms with Crippen molar-refractivity contribution < 1.29 is 14.7 Å². The van der Waals surface area contributed by atoms with Crippen LogP contribution >= 0.6 is 0 Å². The summed E-state index contributed by atoms with van der Waals surface area (Å²) in [5, 5.41) is 11.8. The number of carboxylic acid groups (broad SMARTS) is 1. The lowest BCUT2D eigenvalue weighted by Crippen LogP contribution is -2.51. The summed E-state index contributed by atoms with van der Waals surface area (Å²) in [6.07, 6.45) is 6.27. The molecule has 5 heteroatoms. The summed E-state index contributed by atoms with van der Waals surface area (Å²) in [7, 11) is 0. The normalized spacial score (nSPS) is 25.1. The van der Waals surface area contributed by atoms with Crippen molar-refractivity contribution in [2.75, 3.05) is 13.1 Å². The SMILES string of the molecule is C#CCC(C)NC(=O)N1CC(C)CC(C(=O)O)C1. The second-order valence-electron chi connectivity index (χ2n) is 5.04. The van der Waals surface area contributed by atoms with E-state index in [0.29, 0.717) is 19.4 Å². The average molecular weight is 252 g/mol. The van der Waals surface area contributed by atoms with E-state index in [1.54, 1.807) is 4.90 Å². The Bertz CT molecular complexity index is 362. The van der Waals surface area contributed by atoms with Crippen LogP contribution in [0, 0.1) is 24.2 Å². The Labute approximate surface area is 108 Å². The summed E-state index contributed by atoms with van der Waals surface area (Å²) >= 11 is 0. The van der Waals surface area contributed by atoms with Crippen LogP contribution in [0.3, 0.4) is 0 Å². The second kappa shape index (κ2) is 6.29. The molecule has 0 aromatic rings. The predicted molar refractivity (Wildman–Crippen MR) is 67.9 cm³/mol. The fraction of sp³-hybridized carbons (Fsp3) is 0.692. The van der Waals surface area contributed by atoms with E-state index in [2.05, 4.69) is 11.2 Å². The van der Waals surface area contributed by atoms with Gasteiger partial charge in [-0.05, 0) is 19.3 Å². The number of hydrogen-bond acceptors (Lipinski definition) is 2. The van der Waals surface area contributed by atoms with E-state index in [-0.39, 0.29) is 24.5 Å². The topological polar surface area (TPSA) is 69.6 Å². The predicted octanol–water partition coefficient (Wildman–Crippen LogP) is 1.15. The summed E-state index contributed by atoms with van der Waals surface area (Å²) in [5.74, 6) is 1.38. The molecule has 0 saturated carbocycles. The summed E-state index contributed by atoms with van der Waals surface area (Å²) in [4.78, 5) is 24.5. The summed E-state index contributed by atoms with van der Waals surface area (Å²) in [5.41, 5.74) is 0. The molecule has 100 valence electrons. The number of nitrogens with one attached hydrogen (secondary N) is 1. The Morgan fingerprint density at radius 2 is 2.22 bits per heavy atom. The number of carbonyl (C=O) groups is 2. The number of terminal acetylenes is 1. The highest BCUT2D eigenvalue weighted by atomic mass is 16.4. The maximum absolute atomic E-state index is 12.0. The Morgan fingerprint density at radius 1 is 1.56 bits per heavy atom. The van der Waals surface area contributed by atoms with Gasteiger partial charge in [0, 0.05) is 25.6 Å². The highest BCUT2D eigenvalue weighted by Gasteiger charge is 2.32. The highest BCUT2D eigenvalue weighted by molar-refractivity contribution is 5.76. The standard InChI is InChI=1S/C13H20N2O3/c1-4-5-10(3)14-13(18)15-7-9(2)6-11(8-15)12(16)17/h1,9-11H,5-8H2,2-3H3,(H,14,18)(H,16,17). The third-order valence-corrected chi connectivity index (χ3v) is 3.09. The molecule has 1 heterocycles. The summed E-state index contributed by atoms with van der Waals surface area (Å²) in [6, 6.07) is -0.321. The first-order valence-corrected chi connectivity index (χ1v) is 6.15. The van der Waals surface area contributed by atoms with E-state index in [1.807, 2.05) is 13.8 Å². The molecule has 0 aromatic carbocycles. The zero-order valence-electron chi connectivity index (χ0n) is 10.8. The number of hydrogen-bond donors (Lipinski definition) is 2. The average Bonchev–Trinajstić information content (AvgIpc) is 2.28. The number of aliphatic carboxylic acids is 1. The van der Waals surface area contributed by atoms with Gasteiger partial charge in [-0.15, -0.1) is 12.3 Å². The summed E-state index contributed by atoms with van der Waals surface area (Å²) in [6.45, 7) is 4.66. The Morgan fingerprint density at radius 3 is 2.78 bits per heavy atom. The minimum Gasteiger partial charge on any atom is -0.481 e. The highest BCUT2D eigenvalue weighted by Crippen LogP contribution is 2.21. The van der Waals surface area contributed by atoms with Gasteiger partial charge in [-0.3, -0.25) is 4.79 Å². The molecule has 1 saturated heterocycles. The van der Waals surface area contributed by atoms with Crippen LogP contribution in [0.1, 0.15) is 26.7 Å². The van der Waals surface area contributed by atoms with E-state index in [9.17, 15) is 9.59 Å². The van der Waals surface area contributed by atoms with Crippen molar-refractivity contribution in [3.05, 3.63) is 0 Å². The van der Waals surface area contributed by atoms with Gasteiger partial charge >= 0.3 is 12.0 Å². The number of carbonyl (C=O) groups excluding carboxylic acids is 1. The van der Waals surface area contributed by atoms with Crippen molar-refractivity contribution in [2.45, 2.75) is 32.7 Å². The van der Waals surface area contributed by atoms with Gasteiger partial charge in [0.05, 0.1) is 5.92 Å². The number of nitrogens with zero attached hydrogens (tertiary/aromatic N) is 1. The smallest absolute Gasteiger partial charge is 0.317 e. The first kappa shape index (κ1) is 14.4. The fourth-order valence-electron chi connectivity index (χ4n) is 2.23. The molecule has 0 aliphatic carbocycles. The van der Waals surface area contributed by atoms with Gasteiger partial charge in [-0.25, -0.2) is 4.79 Å². The van der Waals surface area contributed by atoms with E-state index >= 15 is 0 Å². The van der Waals surface area contributed by atoms with E-state index < -0.39 is 11.9 Å². The van der Waals surface area contributed by atoms with Crippen molar-refractivity contribution >= 4 is 12.0 Å². The van der Waals surface area contributed by atoms with Crippen molar-refractivity contribution in [3.63, 3.8) is 0 Å². The number of piperidine rings is 1. The molecule has 2 amide bonds.